The van der Waals surface area contributed by atoms with Crippen molar-refractivity contribution >= 4 is 39.3 Å². The van der Waals surface area contributed by atoms with Crippen molar-refractivity contribution in [2.45, 2.75) is 44.8 Å². The smallest absolute Gasteiger partial charge is 0.270 e. The number of nitrogens with one attached hydrogen (secondary N) is 4. The summed E-state index contributed by atoms with van der Waals surface area (Å²) in [6.45, 7) is 1.49. The molecule has 0 aromatic heterocycles. The highest BCUT2D eigenvalue weighted by atomic mass is 32.2. The maximum Gasteiger partial charge on any atom is 0.270 e. The molecule has 3 amide bonds. The lowest BCUT2D eigenvalue weighted by Crippen LogP contribution is -2.54. The summed E-state index contributed by atoms with van der Waals surface area (Å²) >= 11 is 0. The van der Waals surface area contributed by atoms with Crippen LogP contribution in [0, 0.1) is 15.5 Å². The Balaban J connectivity index is 1.77. The van der Waals surface area contributed by atoms with E-state index in [2.05, 4.69) is 15.4 Å². The lowest BCUT2D eigenvalue weighted by Gasteiger charge is -2.23. The van der Waals surface area contributed by atoms with E-state index in [1.165, 1.54) is 19.1 Å². The maximum atomic E-state index is 13.4. The minimum atomic E-state index is -3.86. The number of nitro groups is 1. The van der Waals surface area contributed by atoms with Crippen LogP contribution in [0.25, 0.3) is 11.1 Å². The first-order chi connectivity index (χ1) is 21.3. The maximum absolute atomic E-state index is 13.4. The van der Waals surface area contributed by atoms with Crippen molar-refractivity contribution in [3.63, 3.8) is 0 Å². The molecule has 3 aromatic rings. The number of carbonyl (C=O) groups excluding carboxylic acids is 3. The molecule has 0 spiro atoms. The molecule has 238 valence electrons. The summed E-state index contributed by atoms with van der Waals surface area (Å²) < 4.78 is 27.3. The fourth-order valence-corrected chi connectivity index (χ4v) is 5.09. The molecule has 2 unspecified atom stereocenters. The van der Waals surface area contributed by atoms with E-state index in [1.54, 1.807) is 60.7 Å². The minimum Gasteiger partial charge on any atom is -0.384 e. The van der Waals surface area contributed by atoms with Crippen LogP contribution in [0.5, 0.6) is 0 Å². The Hall–Kier alpha value is -5.15. The number of nitrogens with zero attached hydrogens (tertiary/aromatic N) is 1. The van der Waals surface area contributed by atoms with E-state index in [1.807, 2.05) is 0 Å². The number of non-ortho nitro benzene ring substituents is 1. The predicted octanol–water partition coefficient (Wildman–Crippen LogP) is 1.46. The standard InChI is InChI=1S/C30H35N7O7S/c1-2-45(43,44)36-26(16-19-6-10-21(11-7-19)23-4-3-5-24(17-23)37(41)42)30(40)35-25(14-15-27(31)38)29(39)34-18-20-8-12-22(13-9-20)28(32)33/h3-13,17,25-26,36H,2,14-16,18H2,1H3,(H2,31,38)(H3,32,33)(H,34,39)(H,35,40). The fourth-order valence-electron chi connectivity index (χ4n) is 4.30. The minimum absolute atomic E-state index is 0.0666. The first-order valence-corrected chi connectivity index (χ1v) is 15.6. The van der Waals surface area contributed by atoms with E-state index < -0.39 is 44.8 Å². The monoisotopic (exact) mass is 637 g/mol. The topological polar surface area (TPSA) is 240 Å². The van der Waals surface area contributed by atoms with Crippen LogP contribution in [0.3, 0.4) is 0 Å². The van der Waals surface area contributed by atoms with Crippen LogP contribution >= 0.6 is 0 Å². The number of carbonyl (C=O) groups is 3. The summed E-state index contributed by atoms with van der Waals surface area (Å²) in [5.41, 5.74) is 13.7. The van der Waals surface area contributed by atoms with Crippen LogP contribution < -0.4 is 26.8 Å². The van der Waals surface area contributed by atoms with Crippen LogP contribution in [0.15, 0.2) is 72.8 Å². The van der Waals surface area contributed by atoms with Crippen LogP contribution in [0.4, 0.5) is 5.69 Å². The van der Waals surface area contributed by atoms with Crippen LogP contribution in [-0.4, -0.2) is 54.7 Å². The molecular formula is C30H35N7O7S. The molecule has 0 bridgehead atoms. The number of amidine groups is 1. The lowest BCUT2D eigenvalue weighted by molar-refractivity contribution is -0.384. The van der Waals surface area contributed by atoms with E-state index in [-0.39, 0.29) is 43.1 Å². The average Bonchev–Trinajstić information content (AvgIpc) is 3.01. The number of hydrogen-bond donors (Lipinski definition) is 6. The van der Waals surface area contributed by atoms with E-state index in [0.29, 0.717) is 27.8 Å². The molecule has 3 rings (SSSR count). The third kappa shape index (κ3) is 10.5. The summed E-state index contributed by atoms with van der Waals surface area (Å²) in [5.74, 6) is -2.49. The number of benzene rings is 3. The first-order valence-electron chi connectivity index (χ1n) is 13.9. The summed E-state index contributed by atoms with van der Waals surface area (Å²) in [5, 5.41) is 23.9. The zero-order valence-electron chi connectivity index (χ0n) is 24.5. The number of nitro benzene ring substituents is 1. The third-order valence-corrected chi connectivity index (χ3v) is 8.25. The highest BCUT2D eigenvalue weighted by Gasteiger charge is 2.29. The Kier molecular flexibility index (Phi) is 11.9. The van der Waals surface area contributed by atoms with Crippen molar-refractivity contribution in [3.8, 4) is 11.1 Å². The molecule has 0 saturated carbocycles. The Morgan fingerprint density at radius 3 is 2.13 bits per heavy atom. The molecule has 0 aliphatic rings. The Labute approximate surface area is 260 Å². The Morgan fingerprint density at radius 2 is 1.56 bits per heavy atom. The van der Waals surface area contributed by atoms with E-state index in [0.717, 1.165) is 0 Å². The molecule has 0 heterocycles. The van der Waals surface area contributed by atoms with Gasteiger partial charge in [-0.05, 0) is 42.0 Å². The molecule has 0 saturated heterocycles. The van der Waals surface area contributed by atoms with Gasteiger partial charge in [-0.15, -0.1) is 0 Å². The highest BCUT2D eigenvalue weighted by Crippen LogP contribution is 2.24. The Bertz CT molecular complexity index is 1660. The number of hydrogen-bond acceptors (Lipinski definition) is 8. The number of rotatable bonds is 16. The Morgan fingerprint density at radius 1 is 0.911 bits per heavy atom. The summed E-state index contributed by atoms with van der Waals surface area (Å²) in [7, 11) is -3.86. The van der Waals surface area contributed by atoms with E-state index >= 15 is 0 Å². The normalized spacial score (nSPS) is 12.5. The molecule has 2 atom stereocenters. The SMILES string of the molecule is CCS(=O)(=O)NC(Cc1ccc(-c2cccc([N+](=O)[O-])c2)cc1)C(=O)NC(CCC(N)=O)C(=O)NCc1ccc(C(=N)N)cc1. The molecule has 0 radical (unpaired) electrons. The van der Waals surface area contributed by atoms with Gasteiger partial charge in [-0.2, -0.15) is 0 Å². The van der Waals surface area contributed by atoms with Crippen LogP contribution in [0.1, 0.15) is 36.5 Å². The fraction of sp³-hybridized carbons (Fsp3) is 0.267. The average molecular weight is 638 g/mol. The predicted molar refractivity (Wildman–Crippen MR) is 168 cm³/mol. The zero-order chi connectivity index (χ0) is 33.1. The summed E-state index contributed by atoms with van der Waals surface area (Å²) in [6, 6.07) is 16.9. The van der Waals surface area contributed by atoms with Gasteiger partial charge in [0.1, 0.15) is 17.9 Å². The molecule has 14 nitrogen and oxygen atoms in total. The molecule has 0 aliphatic heterocycles. The van der Waals surface area contributed by atoms with Crippen molar-refractivity contribution in [3.05, 3.63) is 99.6 Å². The van der Waals surface area contributed by atoms with Gasteiger partial charge in [0.05, 0.1) is 10.7 Å². The largest absolute Gasteiger partial charge is 0.384 e. The molecule has 3 aromatic carbocycles. The van der Waals surface area contributed by atoms with Crippen molar-refractivity contribution in [1.82, 2.24) is 15.4 Å². The van der Waals surface area contributed by atoms with Crippen molar-refractivity contribution < 1.29 is 27.7 Å². The number of nitrogen functional groups attached to an aromatic ring is 1. The van der Waals surface area contributed by atoms with Crippen molar-refractivity contribution in [2.24, 2.45) is 11.5 Å². The summed E-state index contributed by atoms with van der Waals surface area (Å²) in [4.78, 5) is 48.7. The van der Waals surface area contributed by atoms with E-state index in [4.69, 9.17) is 16.9 Å². The second-order valence-corrected chi connectivity index (χ2v) is 12.2. The molecule has 15 heteroatoms. The molecule has 45 heavy (non-hydrogen) atoms. The van der Waals surface area contributed by atoms with Gasteiger partial charge in [0.15, 0.2) is 0 Å². The van der Waals surface area contributed by atoms with Gasteiger partial charge in [-0.25, -0.2) is 13.1 Å². The van der Waals surface area contributed by atoms with Gasteiger partial charge in [0, 0.05) is 30.7 Å². The van der Waals surface area contributed by atoms with Gasteiger partial charge in [0.25, 0.3) is 5.69 Å². The van der Waals surface area contributed by atoms with Gasteiger partial charge >= 0.3 is 0 Å². The van der Waals surface area contributed by atoms with Gasteiger partial charge in [-0.3, -0.25) is 29.9 Å². The first kappa shape index (κ1) is 34.3. The van der Waals surface area contributed by atoms with Gasteiger partial charge in [-0.1, -0.05) is 60.7 Å². The van der Waals surface area contributed by atoms with Gasteiger partial charge < -0.3 is 22.1 Å². The number of primary amides is 1. The van der Waals surface area contributed by atoms with Crippen molar-refractivity contribution in [2.75, 3.05) is 5.75 Å². The molecular weight excluding hydrogens is 602 g/mol. The molecule has 8 N–H and O–H groups in total. The highest BCUT2D eigenvalue weighted by molar-refractivity contribution is 7.89. The number of amides is 3. The van der Waals surface area contributed by atoms with E-state index in [9.17, 15) is 32.9 Å². The zero-order valence-corrected chi connectivity index (χ0v) is 25.3. The molecule has 0 fully saturated rings. The van der Waals surface area contributed by atoms with Crippen LogP contribution in [-0.2, 0) is 37.4 Å². The third-order valence-electron chi connectivity index (χ3n) is 6.85. The number of sulfonamides is 1. The second-order valence-electron chi connectivity index (χ2n) is 10.2. The van der Waals surface area contributed by atoms with Crippen LogP contribution in [0.2, 0.25) is 0 Å². The van der Waals surface area contributed by atoms with Crippen molar-refractivity contribution in [1.29, 1.82) is 5.41 Å². The number of nitrogens with two attached hydrogens (primary N) is 2. The summed E-state index contributed by atoms with van der Waals surface area (Å²) in [6.07, 6.45) is -0.412. The quantitative estimate of drug-likeness (QED) is 0.0580. The second kappa shape index (κ2) is 15.5. The van der Waals surface area contributed by atoms with Gasteiger partial charge in [0.2, 0.25) is 27.7 Å². The lowest BCUT2D eigenvalue weighted by atomic mass is 10.00. The molecule has 0 aliphatic carbocycles.